The number of anilines is 16. The van der Waals surface area contributed by atoms with Crippen molar-refractivity contribution in [2.75, 3.05) is 105 Å². The molecule has 9 heterocycles. The van der Waals surface area contributed by atoms with Gasteiger partial charge in [0.1, 0.15) is 48.1 Å². The molecule has 1 saturated heterocycles. The molecular weight excluding hydrogens is 1770 g/mol. The molecule has 0 aliphatic carbocycles. The smallest absolute Gasteiger partial charge is 0.248 e. The summed E-state index contributed by atoms with van der Waals surface area (Å²) >= 11 is 0. The maximum atomic E-state index is 11.5. The van der Waals surface area contributed by atoms with Gasteiger partial charge < -0.3 is 75.3 Å². The van der Waals surface area contributed by atoms with E-state index in [-0.39, 0.29) is 73.2 Å². The van der Waals surface area contributed by atoms with Gasteiger partial charge in [-0.1, -0.05) is 97.9 Å². The Morgan fingerprint density at radius 3 is 1.30 bits per heavy atom. The molecule has 0 radical (unpaired) electrons. The molecule has 1 aliphatic rings. The van der Waals surface area contributed by atoms with Gasteiger partial charge >= 0.3 is 0 Å². The van der Waals surface area contributed by atoms with Gasteiger partial charge in [-0.15, -0.1) is 20.4 Å². The molecule has 1 atom stereocenters. The van der Waals surface area contributed by atoms with Crippen molar-refractivity contribution < 1.29 is 33.7 Å². The number of likely N-dealkylation sites (N-methyl/N-ethyl adjacent to an activating group) is 1. The van der Waals surface area contributed by atoms with Crippen LogP contribution in [0.5, 0.6) is 0 Å². The monoisotopic (exact) mass is 1870 g/mol. The Morgan fingerprint density at radius 2 is 0.848 bits per heavy atom. The van der Waals surface area contributed by atoms with E-state index in [1.807, 2.05) is 113 Å². The molecule has 0 amide bonds. The van der Waals surface area contributed by atoms with Crippen molar-refractivity contribution in [2.45, 2.75) is 84.8 Å². The van der Waals surface area contributed by atoms with E-state index in [4.69, 9.17) is 43.5 Å². The molecule has 0 saturated carbocycles. The first-order valence-electron chi connectivity index (χ1n) is 40.5. The number of nitrogens with zero attached hydrogens (tertiary/aromatic N) is 22. The first-order chi connectivity index (χ1) is 63.1. The van der Waals surface area contributed by atoms with Crippen LogP contribution in [0.15, 0.2) is 245 Å². The zero-order valence-electron chi connectivity index (χ0n) is 71.7. The van der Waals surface area contributed by atoms with Crippen LogP contribution in [0.25, 0.3) is 23.3 Å². The Labute approximate surface area is 759 Å². The van der Waals surface area contributed by atoms with Crippen LogP contribution >= 0.6 is 0 Å². The molecule has 16 rings (SSSR count). The van der Waals surface area contributed by atoms with Gasteiger partial charge in [-0.2, -0.15) is 38.7 Å². The molecule has 8 aromatic heterocycles. The number of nitrogens with one attached hydrogen (secondary N) is 8. The second kappa shape index (κ2) is 42.2. The van der Waals surface area contributed by atoms with E-state index in [0.29, 0.717) is 94.9 Å². The first kappa shape index (κ1) is 94.2. The molecular formula is C82H96N38O8S4. The van der Waals surface area contributed by atoms with E-state index >= 15 is 0 Å². The van der Waals surface area contributed by atoms with Gasteiger partial charge in [0, 0.05) is 84.8 Å². The maximum Gasteiger partial charge on any atom is 0.248 e. The Kier molecular flexibility index (Phi) is 30.1. The minimum absolute atomic E-state index is 0.00629. The molecule has 24 N–H and O–H groups in total. The summed E-state index contributed by atoms with van der Waals surface area (Å²) in [6.45, 7) is 10.7. The fraction of sp³-hybridized carbons (Fsp3) is 0.195. The third kappa shape index (κ3) is 26.0. The first-order valence-corrected chi connectivity index (χ1v) is 46.6. The number of nitrogen functional groups attached to an aromatic ring is 4. The largest absolute Gasteiger partial charge is 0.368 e. The second-order valence-corrected chi connectivity index (χ2v) is 35.9. The van der Waals surface area contributed by atoms with Gasteiger partial charge in [-0.05, 0) is 174 Å². The summed E-state index contributed by atoms with van der Waals surface area (Å²) in [6.07, 6.45) is 7.00. The highest BCUT2D eigenvalue weighted by atomic mass is 32.2. The number of nitrogens with two attached hydrogens (primary N) is 8. The zero-order valence-corrected chi connectivity index (χ0v) is 75.0. The number of hydrogen-bond donors (Lipinski definition) is 16. The van der Waals surface area contributed by atoms with Gasteiger partial charge in [0.25, 0.3) is 0 Å². The van der Waals surface area contributed by atoms with E-state index in [0.717, 1.165) is 67.1 Å². The van der Waals surface area contributed by atoms with E-state index in [1.165, 1.54) is 86.2 Å². The van der Waals surface area contributed by atoms with Crippen molar-refractivity contribution >= 4 is 134 Å². The predicted molar refractivity (Wildman–Crippen MR) is 502 cm³/mol. The van der Waals surface area contributed by atoms with Crippen LogP contribution in [0, 0.1) is 6.92 Å². The van der Waals surface area contributed by atoms with Gasteiger partial charge in [0.2, 0.25) is 87.7 Å². The van der Waals surface area contributed by atoms with Crippen molar-refractivity contribution in [1.82, 2.24) is 109 Å². The highest BCUT2D eigenvalue weighted by molar-refractivity contribution is 7.90. The average Bonchev–Trinajstić information content (AvgIpc) is 1.64. The van der Waals surface area contributed by atoms with Gasteiger partial charge in [-0.25, -0.2) is 94.1 Å². The minimum atomic E-state index is -3.78. The molecule has 7 aromatic carbocycles. The zero-order chi connectivity index (χ0) is 93.9. The molecule has 0 bridgehead atoms. The SMILES string of the molecule is CCc1c(NCc2ccccc2)ncnc1-n1nc(Nc2ccc(S(N)(=O)=O)cc2)nc1N.CN(C)CCN(Cc1ccccc1)c1cc(-n2nc(Nc3ccc(S(N)(=O)=O)cc3)nc2N)ncn1.C[C@@H](Nc1cc(-n2nc(Nc3ccc(S(N)(=O)=O)cc3)nc2N)ncn1)c1ccccc1.Cc1nc(NC2CCNCC2)cc(-n2nc(Nc3ccc(S(N)(=O)=O)cc3)nc2N)n1. The Morgan fingerprint density at radius 1 is 0.447 bits per heavy atom. The number of benzene rings is 7. The van der Waals surface area contributed by atoms with E-state index in [2.05, 4.69) is 145 Å². The normalized spacial score (nSPS) is 12.5. The van der Waals surface area contributed by atoms with Crippen LogP contribution in [0.4, 0.5) is 93.6 Å². The predicted octanol–water partition coefficient (Wildman–Crippen LogP) is 6.51. The molecule has 0 spiro atoms. The van der Waals surface area contributed by atoms with Crippen LogP contribution in [0.3, 0.4) is 0 Å². The van der Waals surface area contributed by atoms with Crippen molar-refractivity contribution in [3.63, 3.8) is 0 Å². The van der Waals surface area contributed by atoms with Crippen LogP contribution in [-0.4, -0.2) is 184 Å². The Bertz CT molecular complexity index is 6910. The third-order valence-electron chi connectivity index (χ3n) is 19.5. The third-order valence-corrected chi connectivity index (χ3v) is 23.3. The summed E-state index contributed by atoms with van der Waals surface area (Å²) in [4.78, 5) is 56.2. The number of piperidine rings is 1. The lowest BCUT2D eigenvalue weighted by Gasteiger charge is -2.25. The minimum Gasteiger partial charge on any atom is -0.368 e. The number of sulfonamides is 4. The summed E-state index contributed by atoms with van der Waals surface area (Å²) in [6, 6.07) is 59.4. The fourth-order valence-corrected chi connectivity index (χ4v) is 15.0. The van der Waals surface area contributed by atoms with E-state index < -0.39 is 40.1 Å². The van der Waals surface area contributed by atoms with Crippen LogP contribution in [-0.2, 0) is 59.6 Å². The average molecular weight is 1870 g/mol. The highest BCUT2D eigenvalue weighted by Gasteiger charge is 2.23. The van der Waals surface area contributed by atoms with E-state index in [1.54, 1.807) is 67.6 Å². The lowest BCUT2D eigenvalue weighted by molar-refractivity contribution is 0.412. The number of rotatable bonds is 31. The molecule has 1 aliphatic heterocycles. The summed E-state index contributed by atoms with van der Waals surface area (Å²) in [5, 5.41) is 63.4. The van der Waals surface area contributed by atoms with Crippen molar-refractivity contribution in [3.8, 4) is 23.3 Å². The maximum absolute atomic E-state index is 11.5. The summed E-state index contributed by atoms with van der Waals surface area (Å²) < 4.78 is 96.9. The lowest BCUT2D eigenvalue weighted by Crippen LogP contribution is -2.35. The molecule has 0 unspecified atom stereocenters. The molecule has 132 heavy (non-hydrogen) atoms. The van der Waals surface area contributed by atoms with Gasteiger partial charge in [0.05, 0.1) is 19.6 Å². The number of primary sulfonamides is 4. The number of aryl methyl sites for hydroxylation is 1. The van der Waals surface area contributed by atoms with Crippen molar-refractivity contribution in [1.29, 1.82) is 0 Å². The van der Waals surface area contributed by atoms with E-state index in [9.17, 15) is 33.7 Å². The topological polar surface area (TPSA) is 673 Å². The van der Waals surface area contributed by atoms with Crippen LogP contribution in [0.1, 0.15) is 60.8 Å². The summed E-state index contributed by atoms with van der Waals surface area (Å²) in [5.41, 5.74) is 30.9. The fourth-order valence-electron chi connectivity index (χ4n) is 13.0. The summed E-state index contributed by atoms with van der Waals surface area (Å²) in [7, 11) is -11.0. The van der Waals surface area contributed by atoms with Crippen molar-refractivity contribution in [3.05, 3.63) is 253 Å². The molecule has 15 aromatic rings. The summed E-state index contributed by atoms with van der Waals surface area (Å²) in [5.74, 6) is 6.68. The molecule has 50 heteroatoms. The second-order valence-electron chi connectivity index (χ2n) is 29.6. The highest BCUT2D eigenvalue weighted by Crippen LogP contribution is 2.29. The lowest BCUT2D eigenvalue weighted by atomic mass is 10.1. The van der Waals surface area contributed by atoms with Gasteiger partial charge in [0.15, 0.2) is 23.3 Å². The Balaban J connectivity index is 0.000000150. The Hall–Kier alpha value is -15.4. The number of aromatic nitrogens is 20. The quantitative estimate of drug-likeness (QED) is 0.0220. The molecule has 46 nitrogen and oxygen atoms in total. The number of hydrogen-bond acceptors (Lipinski definition) is 38. The van der Waals surface area contributed by atoms with Crippen molar-refractivity contribution in [2.24, 2.45) is 20.6 Å². The van der Waals surface area contributed by atoms with Crippen LogP contribution in [0.2, 0.25) is 0 Å². The molecule has 1 fully saturated rings. The van der Waals surface area contributed by atoms with Gasteiger partial charge in [-0.3, -0.25) is 0 Å². The van der Waals surface area contributed by atoms with Crippen LogP contribution < -0.4 is 90.9 Å². The standard InChI is InChI=1S/C23H28N10O2S.C21H23N9O2S.C20H21N9O2S.C18H24N10O2S/c1-31(2)12-13-32(15-17-6-4-3-5-7-17)20-14-21(27-16-26-20)33-22(24)29-23(30-33)28-18-8-10-19(11-9-18)36(25,34)35;1-2-17-18(24-12-14-6-4-3-5-7-14)25-13-26-19(17)30-20(22)28-21(29-30)27-15-8-10-16(11-9-15)33(23,31)32;1-13(14-5-3-2-4-6-14)25-17-11-18(24-12-23-17)29-19(21)27-20(28-29)26-15-7-9-16(10-8-15)32(22,30)31;1-11-22-15(24-13-6-8-21-9-7-13)10-16(23-11)28-17(19)26-18(27-28)25-12-2-4-14(5-3-12)31(20,29)30/h3-11,14,16H,12-13,15H2,1-2H3,(H2,25,34,35)(H3,24,28,29,30);3-11,13H,2,12H2,1H3,(H2,23,31,32)(H,24,25,26)(H3,22,27,28,29);2-13H,1H3,(H2,22,30,31)(H,23,24,25)(H3,21,26,27,28);2-5,10,13,21H,6-9H2,1H3,(H2,20,29,30)(H,22,23,24)(H3,19,25,26,27)/t;;13-;/m..1./s1. The molecule has 686 valence electrons.